The number of benzene rings is 2. The predicted molar refractivity (Wildman–Crippen MR) is 78.3 cm³/mol. The zero-order valence-electron chi connectivity index (χ0n) is 11.5. The van der Waals surface area contributed by atoms with Gasteiger partial charge in [0.25, 0.3) is 0 Å². The molecule has 0 N–H and O–H groups in total. The number of aryl methyl sites for hydroxylation is 1. The molecule has 0 fully saturated rings. The second kappa shape index (κ2) is 6.08. The molecule has 0 bridgehead atoms. The van der Waals surface area contributed by atoms with Gasteiger partial charge < -0.3 is 0 Å². The molecule has 0 atom stereocenters. The lowest BCUT2D eigenvalue weighted by molar-refractivity contribution is 0.581. The van der Waals surface area contributed by atoms with E-state index in [2.05, 4.69) is 0 Å². The molecule has 2 aromatic rings. The summed E-state index contributed by atoms with van der Waals surface area (Å²) in [5.41, 5.74) is 0.694. The monoisotopic (exact) mass is 319 g/mol. The molecule has 22 heavy (non-hydrogen) atoms. The average Bonchev–Trinajstić information content (AvgIpc) is 2.46. The molecule has 0 aliphatic rings. The van der Waals surface area contributed by atoms with E-state index in [9.17, 15) is 17.2 Å². The summed E-state index contributed by atoms with van der Waals surface area (Å²) in [5.74, 6) is -1.72. The van der Waals surface area contributed by atoms with Crippen LogP contribution in [-0.4, -0.2) is 8.42 Å². The molecule has 2 rings (SSSR count). The molecule has 0 aliphatic heterocycles. The van der Waals surface area contributed by atoms with Crippen molar-refractivity contribution in [2.45, 2.75) is 11.8 Å². The van der Waals surface area contributed by atoms with Crippen LogP contribution in [0.4, 0.5) is 8.78 Å². The topological polar surface area (TPSA) is 57.9 Å². The van der Waals surface area contributed by atoms with Crippen LogP contribution in [0.25, 0.3) is 6.08 Å². The average molecular weight is 319 g/mol. The Bertz CT molecular complexity index is 879. The Kier molecular flexibility index (Phi) is 4.38. The normalized spacial score (nSPS) is 12.0. The highest BCUT2D eigenvalue weighted by Crippen LogP contribution is 2.22. The Labute approximate surface area is 127 Å². The maximum Gasteiger partial charge on any atom is 0.216 e. The number of halogens is 2. The summed E-state index contributed by atoms with van der Waals surface area (Å²) < 4.78 is 51.2. The van der Waals surface area contributed by atoms with E-state index in [1.54, 1.807) is 25.1 Å². The quantitative estimate of drug-likeness (QED) is 0.812. The second-order valence-corrected chi connectivity index (χ2v) is 6.52. The summed E-state index contributed by atoms with van der Waals surface area (Å²) in [5, 5.41) is 9.09. The molecule has 112 valence electrons. The Morgan fingerprint density at radius 3 is 2.32 bits per heavy atom. The third-order valence-electron chi connectivity index (χ3n) is 2.98. The van der Waals surface area contributed by atoms with E-state index in [0.717, 1.165) is 23.8 Å². The van der Waals surface area contributed by atoms with Crippen LogP contribution >= 0.6 is 0 Å². The van der Waals surface area contributed by atoms with E-state index in [4.69, 9.17) is 5.26 Å². The van der Waals surface area contributed by atoms with Crippen LogP contribution in [0, 0.1) is 29.9 Å². The minimum Gasteiger partial charge on any atom is -0.218 e. The number of hydrogen-bond acceptors (Lipinski definition) is 3. The van der Waals surface area contributed by atoms with Gasteiger partial charge in [0.2, 0.25) is 9.84 Å². The Hall–Kier alpha value is -2.52. The summed E-state index contributed by atoms with van der Waals surface area (Å²) >= 11 is 0. The number of nitriles is 1. The number of allylic oxidation sites excluding steroid dienone is 1. The van der Waals surface area contributed by atoms with E-state index in [0.29, 0.717) is 6.07 Å². The van der Waals surface area contributed by atoms with Gasteiger partial charge in [-0.3, -0.25) is 0 Å². The molecule has 2 aromatic carbocycles. The van der Waals surface area contributed by atoms with E-state index >= 15 is 0 Å². The highest BCUT2D eigenvalue weighted by Gasteiger charge is 2.21. The van der Waals surface area contributed by atoms with Gasteiger partial charge >= 0.3 is 0 Å². The zero-order chi connectivity index (χ0) is 16.3. The first-order valence-electron chi connectivity index (χ1n) is 6.23. The van der Waals surface area contributed by atoms with E-state index < -0.39 is 26.4 Å². The van der Waals surface area contributed by atoms with Crippen molar-refractivity contribution in [2.75, 3.05) is 0 Å². The summed E-state index contributed by atoms with van der Waals surface area (Å²) in [6.45, 7) is 1.80. The van der Waals surface area contributed by atoms with Crippen molar-refractivity contribution in [3.63, 3.8) is 0 Å². The lowest BCUT2D eigenvalue weighted by Crippen LogP contribution is -2.04. The lowest BCUT2D eigenvalue weighted by atomic mass is 10.2. The van der Waals surface area contributed by atoms with Gasteiger partial charge in [0.15, 0.2) is 0 Å². The van der Waals surface area contributed by atoms with Crippen LogP contribution in [0.2, 0.25) is 0 Å². The number of hydrogen-bond donors (Lipinski definition) is 0. The molecule has 0 aliphatic carbocycles. The van der Waals surface area contributed by atoms with Crippen molar-refractivity contribution in [1.29, 1.82) is 5.26 Å². The fourth-order valence-electron chi connectivity index (χ4n) is 1.77. The lowest BCUT2D eigenvalue weighted by Gasteiger charge is -2.04. The molecule has 0 saturated heterocycles. The number of rotatable bonds is 3. The highest BCUT2D eigenvalue weighted by atomic mass is 32.2. The van der Waals surface area contributed by atoms with Crippen molar-refractivity contribution in [3.8, 4) is 6.07 Å². The van der Waals surface area contributed by atoms with Crippen molar-refractivity contribution >= 4 is 15.9 Å². The van der Waals surface area contributed by atoms with Crippen molar-refractivity contribution in [1.82, 2.24) is 0 Å². The van der Waals surface area contributed by atoms with Gasteiger partial charge in [-0.05, 0) is 37.3 Å². The van der Waals surface area contributed by atoms with Crippen LogP contribution < -0.4 is 0 Å². The fraction of sp³-hybridized carbons (Fsp3) is 0.0625. The molecular weight excluding hydrogens is 308 g/mol. The highest BCUT2D eigenvalue weighted by molar-refractivity contribution is 7.95. The Morgan fingerprint density at radius 1 is 1.14 bits per heavy atom. The van der Waals surface area contributed by atoms with Gasteiger partial charge in [-0.2, -0.15) is 5.26 Å². The summed E-state index contributed by atoms with van der Waals surface area (Å²) in [7, 11) is -4.05. The molecule has 0 spiro atoms. The van der Waals surface area contributed by atoms with Crippen LogP contribution in [0.1, 0.15) is 11.1 Å². The van der Waals surface area contributed by atoms with Crippen molar-refractivity contribution in [3.05, 3.63) is 70.1 Å². The Morgan fingerprint density at radius 2 is 1.77 bits per heavy atom. The molecule has 0 unspecified atom stereocenters. The third kappa shape index (κ3) is 3.21. The Balaban J connectivity index is 2.53. The van der Waals surface area contributed by atoms with Gasteiger partial charge in [-0.1, -0.05) is 17.7 Å². The molecule has 0 aromatic heterocycles. The predicted octanol–water partition coefficient (Wildman–Crippen LogP) is 3.61. The molecule has 0 heterocycles. The van der Waals surface area contributed by atoms with Crippen molar-refractivity contribution in [2.24, 2.45) is 0 Å². The summed E-state index contributed by atoms with van der Waals surface area (Å²) in [6.07, 6.45) is 0.893. The van der Waals surface area contributed by atoms with Crippen molar-refractivity contribution < 1.29 is 17.2 Å². The minimum absolute atomic E-state index is 0.0616. The largest absolute Gasteiger partial charge is 0.218 e. The summed E-state index contributed by atoms with van der Waals surface area (Å²) in [4.78, 5) is -0.671. The van der Waals surface area contributed by atoms with Gasteiger partial charge in [0.05, 0.1) is 4.90 Å². The maximum atomic E-state index is 13.6. The van der Waals surface area contributed by atoms with Crippen LogP contribution in [-0.2, 0) is 9.84 Å². The molecule has 6 heteroatoms. The number of nitrogens with zero attached hydrogens (tertiary/aromatic N) is 1. The van der Waals surface area contributed by atoms with E-state index in [1.165, 1.54) is 12.1 Å². The third-order valence-corrected chi connectivity index (χ3v) is 4.66. The molecule has 0 radical (unpaired) electrons. The molecule has 0 saturated carbocycles. The maximum absolute atomic E-state index is 13.6. The molecular formula is C16H11F2NO2S. The molecule has 0 amide bonds. The van der Waals surface area contributed by atoms with Gasteiger partial charge in [-0.25, -0.2) is 17.2 Å². The van der Waals surface area contributed by atoms with E-state index in [1.807, 2.05) is 0 Å². The van der Waals surface area contributed by atoms with Gasteiger partial charge in [0.1, 0.15) is 22.6 Å². The van der Waals surface area contributed by atoms with Crippen LogP contribution in [0.5, 0.6) is 0 Å². The fourth-order valence-corrected chi connectivity index (χ4v) is 2.92. The standard InChI is InChI=1S/C16H11F2NO2S/c1-11-2-6-14(7-3-11)22(20,21)15(10-19)8-12-4-5-13(17)9-16(12)18/h2-9H,1H3/b15-8+. The zero-order valence-corrected chi connectivity index (χ0v) is 12.4. The SMILES string of the molecule is Cc1ccc(S(=O)(=O)/C(C#N)=C/c2ccc(F)cc2F)cc1. The first kappa shape index (κ1) is 15.9. The van der Waals surface area contributed by atoms with Gasteiger partial charge in [0, 0.05) is 11.6 Å². The smallest absolute Gasteiger partial charge is 0.216 e. The molecule has 3 nitrogen and oxygen atoms in total. The minimum atomic E-state index is -4.05. The van der Waals surface area contributed by atoms with E-state index in [-0.39, 0.29) is 10.5 Å². The van der Waals surface area contributed by atoms with Crippen LogP contribution in [0.15, 0.2) is 52.3 Å². The van der Waals surface area contributed by atoms with Crippen LogP contribution in [0.3, 0.4) is 0 Å². The first-order valence-corrected chi connectivity index (χ1v) is 7.71. The second-order valence-electron chi connectivity index (χ2n) is 4.60. The number of sulfone groups is 1. The first-order chi connectivity index (χ1) is 10.3. The van der Waals surface area contributed by atoms with Gasteiger partial charge in [-0.15, -0.1) is 0 Å². The summed E-state index contributed by atoms with van der Waals surface area (Å²) in [6, 6.07) is 10.2.